The zero-order chi connectivity index (χ0) is 15.5. The molecule has 0 unspecified atom stereocenters. The maximum absolute atomic E-state index is 11.4. The van der Waals surface area contributed by atoms with Crippen molar-refractivity contribution in [2.75, 3.05) is 18.5 Å². The number of carboxylic acids is 1. The van der Waals surface area contributed by atoms with Crippen molar-refractivity contribution in [2.45, 2.75) is 26.4 Å². The van der Waals surface area contributed by atoms with Crippen LogP contribution in [0.5, 0.6) is 0 Å². The van der Waals surface area contributed by atoms with E-state index in [1.54, 1.807) is 18.2 Å². The van der Waals surface area contributed by atoms with Gasteiger partial charge in [-0.2, -0.15) is 0 Å². The molecule has 5 heteroatoms. The molecular weight excluding hydrogens is 268 g/mol. The Morgan fingerprint density at radius 2 is 2.10 bits per heavy atom. The predicted molar refractivity (Wildman–Crippen MR) is 82.9 cm³/mol. The predicted octanol–water partition coefficient (Wildman–Crippen LogP) is 3.16. The van der Waals surface area contributed by atoms with Crippen LogP contribution in [0.25, 0.3) is 10.9 Å². The number of aromatic nitrogens is 1. The molecule has 21 heavy (non-hydrogen) atoms. The summed E-state index contributed by atoms with van der Waals surface area (Å²) >= 11 is 0. The first-order chi connectivity index (χ1) is 9.93. The first kappa shape index (κ1) is 15.3. The Hall–Kier alpha value is -2.14. The highest BCUT2D eigenvalue weighted by atomic mass is 16.5. The molecule has 0 fully saturated rings. The third-order valence-corrected chi connectivity index (χ3v) is 3.18. The zero-order valence-corrected chi connectivity index (χ0v) is 12.5. The number of carbonyl (C=O) groups is 1. The van der Waals surface area contributed by atoms with Gasteiger partial charge in [-0.1, -0.05) is 18.2 Å². The number of fused-ring (bicyclic) bond motifs is 1. The van der Waals surface area contributed by atoms with Gasteiger partial charge in [0.2, 0.25) is 0 Å². The molecule has 0 aliphatic rings. The van der Waals surface area contributed by atoms with E-state index in [1.165, 1.54) is 0 Å². The Morgan fingerprint density at radius 3 is 2.76 bits per heavy atom. The fourth-order valence-electron chi connectivity index (χ4n) is 2.19. The average molecular weight is 288 g/mol. The minimum Gasteiger partial charge on any atom is -0.478 e. The third kappa shape index (κ3) is 3.70. The van der Waals surface area contributed by atoms with E-state index in [-0.39, 0.29) is 11.2 Å². The second-order valence-electron chi connectivity index (χ2n) is 5.42. The lowest BCUT2D eigenvalue weighted by molar-refractivity contribution is 0.000644. The van der Waals surface area contributed by atoms with Crippen LogP contribution in [0.3, 0.4) is 0 Å². The topological polar surface area (TPSA) is 71.5 Å². The number of nitrogens with one attached hydrogen (secondary N) is 1. The first-order valence-electron chi connectivity index (χ1n) is 6.94. The Balaban J connectivity index is 2.31. The van der Waals surface area contributed by atoms with Crippen LogP contribution in [-0.4, -0.2) is 34.8 Å². The summed E-state index contributed by atoms with van der Waals surface area (Å²) in [5.74, 6) is -0.417. The Bertz CT molecular complexity index is 653. The molecule has 5 nitrogen and oxygen atoms in total. The molecule has 0 saturated carbocycles. The van der Waals surface area contributed by atoms with E-state index in [2.05, 4.69) is 10.3 Å². The van der Waals surface area contributed by atoms with Crippen molar-refractivity contribution in [1.29, 1.82) is 0 Å². The van der Waals surface area contributed by atoms with Gasteiger partial charge in [0, 0.05) is 18.5 Å². The molecular formula is C16H20N2O3. The summed E-state index contributed by atoms with van der Waals surface area (Å²) < 4.78 is 5.61. The molecule has 2 N–H and O–H groups in total. The molecule has 0 radical (unpaired) electrons. The van der Waals surface area contributed by atoms with Crippen LogP contribution in [0.4, 0.5) is 5.82 Å². The smallest absolute Gasteiger partial charge is 0.336 e. The molecule has 0 aliphatic heterocycles. The van der Waals surface area contributed by atoms with Crippen molar-refractivity contribution in [3.8, 4) is 0 Å². The van der Waals surface area contributed by atoms with Crippen LogP contribution in [-0.2, 0) is 4.74 Å². The fourth-order valence-corrected chi connectivity index (χ4v) is 2.19. The number of para-hydroxylation sites is 1. The summed E-state index contributed by atoms with van der Waals surface area (Å²) in [5, 5.41) is 13.1. The number of benzene rings is 1. The standard InChI is InChI=1S/C16H20N2O3/c1-4-21-16(2,3)10-17-14-9-12(15(19)20)11-7-5-6-8-13(11)18-14/h5-9H,4,10H2,1-3H3,(H,17,18)(H,19,20). The lowest BCUT2D eigenvalue weighted by Gasteiger charge is -2.25. The van der Waals surface area contributed by atoms with E-state index in [4.69, 9.17) is 4.74 Å². The fraction of sp³-hybridized carbons (Fsp3) is 0.375. The molecule has 1 aromatic heterocycles. The number of anilines is 1. The molecule has 1 heterocycles. The van der Waals surface area contributed by atoms with Crippen LogP contribution in [0, 0.1) is 0 Å². The highest BCUT2D eigenvalue weighted by molar-refractivity contribution is 6.03. The van der Waals surface area contributed by atoms with Crippen molar-refractivity contribution < 1.29 is 14.6 Å². The average Bonchev–Trinajstić information content (AvgIpc) is 2.44. The number of aromatic carboxylic acids is 1. The summed E-state index contributed by atoms with van der Waals surface area (Å²) in [6, 6.07) is 8.78. The molecule has 0 aliphatic carbocycles. The minimum atomic E-state index is -0.958. The summed E-state index contributed by atoms with van der Waals surface area (Å²) in [7, 11) is 0. The number of pyridine rings is 1. The number of hydrogen-bond acceptors (Lipinski definition) is 4. The normalized spacial score (nSPS) is 11.6. The van der Waals surface area contributed by atoms with Gasteiger partial charge in [0.1, 0.15) is 5.82 Å². The minimum absolute atomic E-state index is 0.248. The second kappa shape index (κ2) is 6.10. The monoisotopic (exact) mass is 288 g/mol. The largest absolute Gasteiger partial charge is 0.478 e. The SMILES string of the molecule is CCOC(C)(C)CNc1cc(C(=O)O)c2ccccc2n1. The van der Waals surface area contributed by atoms with E-state index < -0.39 is 5.97 Å². The first-order valence-corrected chi connectivity index (χ1v) is 6.94. The van der Waals surface area contributed by atoms with Gasteiger partial charge in [0.05, 0.1) is 16.7 Å². The van der Waals surface area contributed by atoms with Crippen molar-refractivity contribution in [2.24, 2.45) is 0 Å². The van der Waals surface area contributed by atoms with E-state index in [1.807, 2.05) is 32.9 Å². The van der Waals surface area contributed by atoms with Gasteiger partial charge in [0.15, 0.2) is 0 Å². The second-order valence-corrected chi connectivity index (χ2v) is 5.42. The number of nitrogens with zero attached hydrogens (tertiary/aromatic N) is 1. The Labute approximate surface area is 124 Å². The Morgan fingerprint density at radius 1 is 1.38 bits per heavy atom. The number of rotatable bonds is 6. The number of ether oxygens (including phenoxy) is 1. The third-order valence-electron chi connectivity index (χ3n) is 3.18. The van der Waals surface area contributed by atoms with Crippen molar-refractivity contribution in [3.05, 3.63) is 35.9 Å². The maximum atomic E-state index is 11.4. The van der Waals surface area contributed by atoms with Gasteiger partial charge in [0.25, 0.3) is 0 Å². The summed E-state index contributed by atoms with van der Waals surface area (Å²) in [6.07, 6.45) is 0. The molecule has 0 amide bonds. The van der Waals surface area contributed by atoms with E-state index >= 15 is 0 Å². The number of hydrogen-bond donors (Lipinski definition) is 2. The lowest BCUT2D eigenvalue weighted by Crippen LogP contribution is -2.33. The maximum Gasteiger partial charge on any atom is 0.336 e. The Kier molecular flexibility index (Phi) is 4.43. The number of carboxylic acid groups (broad SMARTS) is 1. The van der Waals surface area contributed by atoms with Gasteiger partial charge in [-0.3, -0.25) is 0 Å². The van der Waals surface area contributed by atoms with Crippen LogP contribution in [0.2, 0.25) is 0 Å². The van der Waals surface area contributed by atoms with Gasteiger partial charge in [-0.25, -0.2) is 9.78 Å². The van der Waals surface area contributed by atoms with Crippen molar-refractivity contribution >= 4 is 22.7 Å². The van der Waals surface area contributed by atoms with E-state index in [0.717, 1.165) is 0 Å². The molecule has 0 saturated heterocycles. The molecule has 0 spiro atoms. The quantitative estimate of drug-likeness (QED) is 0.854. The molecule has 1 aromatic carbocycles. The van der Waals surface area contributed by atoms with Gasteiger partial charge < -0.3 is 15.2 Å². The van der Waals surface area contributed by atoms with E-state index in [9.17, 15) is 9.90 Å². The van der Waals surface area contributed by atoms with Crippen molar-refractivity contribution in [3.63, 3.8) is 0 Å². The van der Waals surface area contributed by atoms with E-state index in [0.29, 0.717) is 29.9 Å². The van der Waals surface area contributed by atoms with Crippen LogP contribution in [0.1, 0.15) is 31.1 Å². The van der Waals surface area contributed by atoms with Gasteiger partial charge in [-0.05, 0) is 32.9 Å². The summed E-state index contributed by atoms with van der Waals surface area (Å²) in [5.41, 5.74) is 0.567. The van der Waals surface area contributed by atoms with Crippen LogP contribution < -0.4 is 5.32 Å². The van der Waals surface area contributed by atoms with Crippen molar-refractivity contribution in [1.82, 2.24) is 4.98 Å². The molecule has 0 bridgehead atoms. The molecule has 112 valence electrons. The van der Waals surface area contributed by atoms with Crippen LogP contribution >= 0.6 is 0 Å². The van der Waals surface area contributed by atoms with Crippen LogP contribution in [0.15, 0.2) is 30.3 Å². The highest BCUT2D eigenvalue weighted by Gasteiger charge is 2.18. The van der Waals surface area contributed by atoms with Gasteiger partial charge in [-0.15, -0.1) is 0 Å². The van der Waals surface area contributed by atoms with Gasteiger partial charge >= 0.3 is 5.97 Å². The summed E-state index contributed by atoms with van der Waals surface area (Å²) in [4.78, 5) is 15.8. The molecule has 2 aromatic rings. The highest BCUT2D eigenvalue weighted by Crippen LogP contribution is 2.21. The zero-order valence-electron chi connectivity index (χ0n) is 12.5. The molecule has 2 rings (SSSR count). The molecule has 0 atom stereocenters. The summed E-state index contributed by atoms with van der Waals surface area (Å²) in [6.45, 7) is 7.06. The lowest BCUT2D eigenvalue weighted by atomic mass is 10.1.